The van der Waals surface area contributed by atoms with Crippen LogP contribution < -0.4 is 10.6 Å². The van der Waals surface area contributed by atoms with Gasteiger partial charge in [0.15, 0.2) is 5.13 Å². The summed E-state index contributed by atoms with van der Waals surface area (Å²) < 4.78 is 34.2. The molecule has 9 heteroatoms. The van der Waals surface area contributed by atoms with Gasteiger partial charge in [-0.05, 0) is 18.2 Å². The van der Waals surface area contributed by atoms with E-state index < -0.39 is 11.6 Å². The second-order valence-corrected chi connectivity index (χ2v) is 6.65. The molecule has 1 aliphatic rings. The number of morpholine rings is 1. The normalized spacial score (nSPS) is 14.6. The summed E-state index contributed by atoms with van der Waals surface area (Å²) in [7, 11) is 0. The molecule has 0 saturated carbocycles. The fourth-order valence-corrected chi connectivity index (χ4v) is 3.86. The highest BCUT2D eigenvalue weighted by Crippen LogP contribution is 2.41. The number of benzene rings is 1. The fraction of sp³-hybridized carbons (Fsp3) is 0.235. The Bertz CT molecular complexity index is 922. The summed E-state index contributed by atoms with van der Waals surface area (Å²) in [5.41, 5.74) is 6.20. The molecule has 0 radical (unpaired) electrons. The lowest BCUT2D eigenvalue weighted by molar-refractivity contribution is 0.122. The van der Waals surface area contributed by atoms with Crippen LogP contribution in [-0.2, 0) is 4.74 Å². The second kappa shape index (κ2) is 6.93. The number of nitrogen functional groups attached to an aromatic ring is 1. The Morgan fingerprint density at radius 2 is 1.81 bits per heavy atom. The quantitative estimate of drug-likeness (QED) is 0.758. The molecule has 1 fully saturated rings. The Balaban J connectivity index is 1.89. The summed E-state index contributed by atoms with van der Waals surface area (Å²) in [5.74, 6) is -1.26. The molecule has 0 bridgehead atoms. The van der Waals surface area contributed by atoms with Gasteiger partial charge in [0, 0.05) is 19.3 Å². The minimum absolute atomic E-state index is 0.0868. The number of thiazole rings is 1. The van der Waals surface area contributed by atoms with E-state index in [9.17, 15) is 8.78 Å². The third-order valence-corrected chi connectivity index (χ3v) is 5.14. The van der Waals surface area contributed by atoms with Crippen LogP contribution in [0.5, 0.6) is 0 Å². The predicted molar refractivity (Wildman–Crippen MR) is 95.9 cm³/mol. The van der Waals surface area contributed by atoms with Crippen LogP contribution in [0.4, 0.5) is 19.9 Å². The van der Waals surface area contributed by atoms with Crippen molar-refractivity contribution < 1.29 is 13.5 Å². The van der Waals surface area contributed by atoms with Crippen LogP contribution in [0.15, 0.2) is 30.5 Å². The molecular weight excluding hydrogens is 360 g/mol. The third kappa shape index (κ3) is 3.11. The maximum Gasteiger partial charge on any atom is 0.220 e. The van der Waals surface area contributed by atoms with Gasteiger partial charge in [-0.15, -0.1) is 0 Å². The molecule has 134 valence electrons. The summed E-state index contributed by atoms with van der Waals surface area (Å²) in [6, 6.07) is 5.40. The minimum atomic E-state index is -0.674. The van der Waals surface area contributed by atoms with E-state index in [1.165, 1.54) is 35.7 Å². The Hall–Kier alpha value is -2.65. The highest BCUT2D eigenvalue weighted by atomic mass is 32.1. The molecular formula is C17H15F2N5OS. The number of halogens is 2. The second-order valence-electron chi connectivity index (χ2n) is 5.67. The smallest absolute Gasteiger partial charge is 0.220 e. The lowest BCUT2D eigenvalue weighted by atomic mass is 10.1. The zero-order chi connectivity index (χ0) is 18.1. The van der Waals surface area contributed by atoms with Gasteiger partial charge in [0.25, 0.3) is 0 Å². The van der Waals surface area contributed by atoms with Gasteiger partial charge in [-0.3, -0.25) is 0 Å². The van der Waals surface area contributed by atoms with E-state index in [1.54, 1.807) is 6.07 Å². The molecule has 26 heavy (non-hydrogen) atoms. The Kier molecular flexibility index (Phi) is 4.48. The van der Waals surface area contributed by atoms with Gasteiger partial charge >= 0.3 is 0 Å². The van der Waals surface area contributed by atoms with Crippen LogP contribution >= 0.6 is 11.3 Å². The zero-order valence-corrected chi connectivity index (χ0v) is 14.5. The van der Waals surface area contributed by atoms with Crippen molar-refractivity contribution in [1.82, 2.24) is 15.0 Å². The van der Waals surface area contributed by atoms with Crippen molar-refractivity contribution in [2.75, 3.05) is 36.9 Å². The first-order valence-electron chi connectivity index (χ1n) is 8.00. The average molecular weight is 375 g/mol. The molecule has 0 spiro atoms. The first-order valence-corrected chi connectivity index (χ1v) is 8.82. The predicted octanol–water partition coefficient (Wildman–Crippen LogP) is 2.96. The van der Waals surface area contributed by atoms with Crippen molar-refractivity contribution in [3.05, 3.63) is 42.1 Å². The van der Waals surface area contributed by atoms with Crippen LogP contribution in [0.1, 0.15) is 0 Å². The number of nitrogens with two attached hydrogens (primary N) is 1. The fourth-order valence-electron chi connectivity index (χ4n) is 2.77. The number of anilines is 2. The van der Waals surface area contributed by atoms with E-state index in [0.29, 0.717) is 42.0 Å². The van der Waals surface area contributed by atoms with Gasteiger partial charge in [-0.2, -0.15) is 0 Å². The van der Waals surface area contributed by atoms with E-state index in [1.807, 2.05) is 4.90 Å². The molecule has 2 aromatic heterocycles. The summed E-state index contributed by atoms with van der Waals surface area (Å²) >= 11 is 1.32. The van der Waals surface area contributed by atoms with Crippen LogP contribution in [-0.4, -0.2) is 41.3 Å². The van der Waals surface area contributed by atoms with Crippen molar-refractivity contribution in [2.45, 2.75) is 0 Å². The number of aromatic nitrogens is 3. The monoisotopic (exact) mass is 375 g/mol. The minimum Gasteiger partial charge on any atom is -0.378 e. The highest BCUT2D eigenvalue weighted by molar-refractivity contribution is 7.19. The van der Waals surface area contributed by atoms with Crippen molar-refractivity contribution in [3.8, 4) is 21.8 Å². The lowest BCUT2D eigenvalue weighted by Crippen LogP contribution is -2.36. The SMILES string of the molecule is Nc1nccc(-c2sc(N3CCOCC3)nc2-c2c(F)cccc2F)n1. The molecule has 1 aliphatic heterocycles. The van der Waals surface area contributed by atoms with E-state index in [-0.39, 0.29) is 17.2 Å². The van der Waals surface area contributed by atoms with Gasteiger partial charge in [-0.1, -0.05) is 17.4 Å². The van der Waals surface area contributed by atoms with Crippen LogP contribution in [0.3, 0.4) is 0 Å². The molecule has 1 aromatic carbocycles. The van der Waals surface area contributed by atoms with E-state index in [2.05, 4.69) is 15.0 Å². The largest absolute Gasteiger partial charge is 0.378 e. The van der Waals surface area contributed by atoms with Gasteiger partial charge in [0.05, 0.1) is 35.0 Å². The first kappa shape index (κ1) is 16.8. The van der Waals surface area contributed by atoms with Crippen molar-refractivity contribution in [2.24, 2.45) is 0 Å². The molecule has 6 nitrogen and oxygen atoms in total. The van der Waals surface area contributed by atoms with Gasteiger partial charge in [-0.25, -0.2) is 23.7 Å². The molecule has 0 aliphatic carbocycles. The van der Waals surface area contributed by atoms with Gasteiger partial charge < -0.3 is 15.4 Å². The summed E-state index contributed by atoms with van der Waals surface area (Å²) in [5, 5.41) is 0.665. The Labute approximate surface area is 152 Å². The van der Waals surface area contributed by atoms with E-state index in [4.69, 9.17) is 10.5 Å². The Morgan fingerprint density at radius 1 is 1.08 bits per heavy atom. The average Bonchev–Trinajstić information content (AvgIpc) is 3.07. The van der Waals surface area contributed by atoms with Crippen molar-refractivity contribution in [1.29, 1.82) is 0 Å². The molecule has 1 saturated heterocycles. The summed E-state index contributed by atoms with van der Waals surface area (Å²) in [6.07, 6.45) is 1.51. The standard InChI is InChI=1S/C17H15F2N5OS/c18-10-2-1-3-11(19)13(10)14-15(12-4-5-21-16(20)22-12)26-17(23-14)24-6-8-25-9-7-24/h1-5H,6-9H2,(H2,20,21,22). The molecule has 3 heterocycles. The topological polar surface area (TPSA) is 77.2 Å². The highest BCUT2D eigenvalue weighted by Gasteiger charge is 2.25. The summed E-state index contributed by atoms with van der Waals surface area (Å²) in [6.45, 7) is 2.49. The van der Waals surface area contributed by atoms with Crippen LogP contribution in [0.2, 0.25) is 0 Å². The van der Waals surface area contributed by atoms with Gasteiger partial charge in [0.2, 0.25) is 5.95 Å². The first-order chi connectivity index (χ1) is 12.6. The molecule has 2 N–H and O–H groups in total. The molecule has 0 amide bonds. The maximum absolute atomic E-state index is 14.4. The molecule has 0 atom stereocenters. The van der Waals surface area contributed by atoms with Gasteiger partial charge in [0.1, 0.15) is 11.6 Å². The van der Waals surface area contributed by atoms with Crippen molar-refractivity contribution >= 4 is 22.4 Å². The zero-order valence-electron chi connectivity index (χ0n) is 13.7. The van der Waals surface area contributed by atoms with Crippen molar-refractivity contribution in [3.63, 3.8) is 0 Å². The van der Waals surface area contributed by atoms with Crippen LogP contribution in [0, 0.1) is 11.6 Å². The molecule has 0 unspecified atom stereocenters. The Morgan fingerprint density at radius 3 is 2.50 bits per heavy atom. The number of hydrogen-bond acceptors (Lipinski definition) is 7. The number of ether oxygens (including phenoxy) is 1. The molecule has 4 rings (SSSR count). The van der Waals surface area contributed by atoms with E-state index >= 15 is 0 Å². The number of hydrogen-bond donors (Lipinski definition) is 1. The lowest BCUT2D eigenvalue weighted by Gasteiger charge is -2.26. The molecule has 3 aromatic rings. The van der Waals surface area contributed by atoms with Crippen LogP contribution in [0.25, 0.3) is 21.8 Å². The summed E-state index contributed by atoms with van der Waals surface area (Å²) in [4.78, 5) is 15.2. The maximum atomic E-state index is 14.4. The number of rotatable bonds is 3. The third-order valence-electron chi connectivity index (χ3n) is 4.00. The number of nitrogens with zero attached hydrogens (tertiary/aromatic N) is 4. The van der Waals surface area contributed by atoms with E-state index in [0.717, 1.165) is 0 Å².